The lowest BCUT2D eigenvalue weighted by Crippen LogP contribution is -2.16. The SMILES string of the molecule is COc1cccc(-c2noc(C(N)C(C)C)n2)c1. The van der Waals surface area contributed by atoms with Crippen LogP contribution in [0.25, 0.3) is 11.4 Å². The third kappa shape index (κ3) is 2.51. The summed E-state index contributed by atoms with van der Waals surface area (Å²) in [5, 5.41) is 3.94. The van der Waals surface area contributed by atoms with Gasteiger partial charge in [0.05, 0.1) is 13.2 Å². The largest absolute Gasteiger partial charge is 0.497 e. The van der Waals surface area contributed by atoms with Crippen molar-refractivity contribution in [3.05, 3.63) is 30.2 Å². The normalized spacial score (nSPS) is 12.7. The molecule has 5 heteroatoms. The summed E-state index contributed by atoms with van der Waals surface area (Å²) >= 11 is 0. The van der Waals surface area contributed by atoms with E-state index in [9.17, 15) is 0 Å². The zero-order chi connectivity index (χ0) is 13.1. The summed E-state index contributed by atoms with van der Waals surface area (Å²) in [6.45, 7) is 4.03. The lowest BCUT2D eigenvalue weighted by atomic mass is 10.1. The first kappa shape index (κ1) is 12.6. The molecule has 2 rings (SSSR count). The topological polar surface area (TPSA) is 74.2 Å². The first-order valence-electron chi connectivity index (χ1n) is 5.85. The van der Waals surface area contributed by atoms with Crippen molar-refractivity contribution in [1.29, 1.82) is 0 Å². The molecule has 2 N–H and O–H groups in total. The summed E-state index contributed by atoms with van der Waals surface area (Å²) in [6.07, 6.45) is 0. The molecule has 0 radical (unpaired) electrons. The van der Waals surface area contributed by atoms with Gasteiger partial charge in [0.1, 0.15) is 5.75 Å². The molecular formula is C13H17N3O2. The van der Waals surface area contributed by atoms with E-state index >= 15 is 0 Å². The van der Waals surface area contributed by atoms with Crippen LogP contribution in [0.4, 0.5) is 0 Å². The van der Waals surface area contributed by atoms with Gasteiger partial charge in [0.15, 0.2) is 0 Å². The van der Waals surface area contributed by atoms with Crippen LogP contribution in [0.1, 0.15) is 25.8 Å². The van der Waals surface area contributed by atoms with Crippen molar-refractivity contribution < 1.29 is 9.26 Å². The third-order valence-corrected chi connectivity index (χ3v) is 2.77. The van der Waals surface area contributed by atoms with Crippen molar-refractivity contribution >= 4 is 0 Å². The minimum Gasteiger partial charge on any atom is -0.497 e. The van der Waals surface area contributed by atoms with Gasteiger partial charge in [0.25, 0.3) is 0 Å². The quantitative estimate of drug-likeness (QED) is 0.898. The second-order valence-corrected chi connectivity index (χ2v) is 4.46. The van der Waals surface area contributed by atoms with Gasteiger partial charge in [-0.05, 0) is 18.1 Å². The average Bonchev–Trinajstić information content (AvgIpc) is 2.87. The number of aromatic nitrogens is 2. The minimum atomic E-state index is -0.239. The molecular weight excluding hydrogens is 230 g/mol. The van der Waals surface area contributed by atoms with Gasteiger partial charge < -0.3 is 15.0 Å². The monoisotopic (exact) mass is 247 g/mol. The molecule has 1 heterocycles. The molecule has 0 fully saturated rings. The fourth-order valence-electron chi connectivity index (χ4n) is 1.54. The van der Waals surface area contributed by atoms with Crippen molar-refractivity contribution in [3.8, 4) is 17.1 Å². The molecule has 1 aromatic carbocycles. The van der Waals surface area contributed by atoms with Crippen LogP contribution < -0.4 is 10.5 Å². The molecule has 96 valence electrons. The number of methoxy groups -OCH3 is 1. The van der Waals surface area contributed by atoms with Gasteiger partial charge in [0.2, 0.25) is 11.7 Å². The molecule has 0 aliphatic rings. The molecule has 0 saturated carbocycles. The number of hydrogen-bond donors (Lipinski definition) is 1. The van der Waals surface area contributed by atoms with E-state index in [0.717, 1.165) is 11.3 Å². The summed E-state index contributed by atoms with van der Waals surface area (Å²) in [6, 6.07) is 7.27. The van der Waals surface area contributed by atoms with E-state index in [4.69, 9.17) is 15.0 Å². The van der Waals surface area contributed by atoms with Crippen LogP contribution in [-0.2, 0) is 0 Å². The van der Waals surface area contributed by atoms with Crippen molar-refractivity contribution in [2.24, 2.45) is 11.7 Å². The molecule has 1 atom stereocenters. The summed E-state index contributed by atoms with van der Waals surface area (Å²) < 4.78 is 10.3. The summed E-state index contributed by atoms with van der Waals surface area (Å²) in [5.41, 5.74) is 6.81. The van der Waals surface area contributed by atoms with Crippen molar-refractivity contribution in [2.45, 2.75) is 19.9 Å². The molecule has 0 aliphatic heterocycles. The van der Waals surface area contributed by atoms with Crippen LogP contribution in [-0.4, -0.2) is 17.3 Å². The van der Waals surface area contributed by atoms with Crippen molar-refractivity contribution in [2.75, 3.05) is 7.11 Å². The van der Waals surface area contributed by atoms with Crippen molar-refractivity contribution in [1.82, 2.24) is 10.1 Å². The molecule has 0 aliphatic carbocycles. The Hall–Kier alpha value is -1.88. The van der Waals surface area contributed by atoms with Crippen molar-refractivity contribution in [3.63, 3.8) is 0 Å². The number of nitrogens with zero attached hydrogens (tertiary/aromatic N) is 2. The lowest BCUT2D eigenvalue weighted by molar-refractivity contribution is 0.325. The third-order valence-electron chi connectivity index (χ3n) is 2.77. The Labute approximate surface area is 106 Å². The van der Waals surface area contributed by atoms with E-state index in [1.807, 2.05) is 38.1 Å². The highest BCUT2D eigenvalue weighted by Crippen LogP contribution is 2.24. The predicted octanol–water partition coefficient (Wildman–Crippen LogP) is 2.40. The number of nitrogens with two attached hydrogens (primary N) is 1. The van der Waals surface area contributed by atoms with Crippen LogP contribution in [0.2, 0.25) is 0 Å². The average molecular weight is 247 g/mol. The van der Waals surface area contributed by atoms with Gasteiger partial charge >= 0.3 is 0 Å². The van der Waals surface area contributed by atoms with Crippen LogP contribution in [0.3, 0.4) is 0 Å². The van der Waals surface area contributed by atoms with E-state index in [1.165, 1.54) is 0 Å². The molecule has 18 heavy (non-hydrogen) atoms. The summed E-state index contributed by atoms with van der Waals surface area (Å²) in [5.74, 6) is 2.00. The highest BCUT2D eigenvalue weighted by atomic mass is 16.5. The fraction of sp³-hybridized carbons (Fsp3) is 0.385. The maximum absolute atomic E-state index is 5.96. The highest BCUT2D eigenvalue weighted by molar-refractivity contribution is 5.56. The Kier molecular flexibility index (Phi) is 3.62. The van der Waals surface area contributed by atoms with Crippen LogP contribution >= 0.6 is 0 Å². The summed E-state index contributed by atoms with van der Waals surface area (Å²) in [4.78, 5) is 4.32. The number of benzene rings is 1. The molecule has 2 aromatic rings. The summed E-state index contributed by atoms with van der Waals surface area (Å²) in [7, 11) is 1.62. The van der Waals surface area contributed by atoms with Gasteiger partial charge in [-0.15, -0.1) is 0 Å². The molecule has 1 unspecified atom stereocenters. The fourth-order valence-corrected chi connectivity index (χ4v) is 1.54. The van der Waals surface area contributed by atoms with E-state index in [-0.39, 0.29) is 12.0 Å². The number of ether oxygens (including phenoxy) is 1. The zero-order valence-corrected chi connectivity index (χ0v) is 10.8. The zero-order valence-electron chi connectivity index (χ0n) is 10.8. The van der Waals surface area contributed by atoms with Crippen LogP contribution in [0.5, 0.6) is 5.75 Å². The Bertz CT molecular complexity index is 522. The van der Waals surface area contributed by atoms with E-state index in [0.29, 0.717) is 11.7 Å². The van der Waals surface area contributed by atoms with Gasteiger partial charge in [-0.2, -0.15) is 4.98 Å². The maximum Gasteiger partial charge on any atom is 0.244 e. The molecule has 1 aromatic heterocycles. The smallest absolute Gasteiger partial charge is 0.244 e. The Morgan fingerprint density at radius 2 is 2.11 bits per heavy atom. The standard InChI is InChI=1S/C13H17N3O2/c1-8(2)11(14)13-15-12(16-18-13)9-5-4-6-10(7-9)17-3/h4-8,11H,14H2,1-3H3. The van der Waals surface area contributed by atoms with E-state index < -0.39 is 0 Å². The Balaban J connectivity index is 2.29. The molecule has 0 saturated heterocycles. The molecule has 0 amide bonds. The van der Waals surface area contributed by atoms with Gasteiger partial charge in [0, 0.05) is 5.56 Å². The molecule has 0 spiro atoms. The maximum atomic E-state index is 5.96. The predicted molar refractivity (Wildman–Crippen MR) is 68.1 cm³/mol. The highest BCUT2D eigenvalue weighted by Gasteiger charge is 2.18. The van der Waals surface area contributed by atoms with Crippen LogP contribution in [0.15, 0.2) is 28.8 Å². The number of hydrogen-bond acceptors (Lipinski definition) is 5. The lowest BCUT2D eigenvalue weighted by Gasteiger charge is -2.09. The van der Waals surface area contributed by atoms with Gasteiger partial charge in [-0.25, -0.2) is 0 Å². The molecule has 0 bridgehead atoms. The Morgan fingerprint density at radius 3 is 2.78 bits per heavy atom. The first-order chi connectivity index (χ1) is 8.61. The Morgan fingerprint density at radius 1 is 1.33 bits per heavy atom. The second-order valence-electron chi connectivity index (χ2n) is 4.46. The molecule has 5 nitrogen and oxygen atoms in total. The van der Waals surface area contributed by atoms with Gasteiger partial charge in [-0.1, -0.05) is 31.1 Å². The second kappa shape index (κ2) is 5.18. The van der Waals surface area contributed by atoms with Gasteiger partial charge in [-0.3, -0.25) is 0 Å². The first-order valence-corrected chi connectivity index (χ1v) is 5.85. The van der Waals surface area contributed by atoms with Crippen LogP contribution in [0, 0.1) is 5.92 Å². The van der Waals surface area contributed by atoms with E-state index in [1.54, 1.807) is 7.11 Å². The number of rotatable bonds is 4. The van der Waals surface area contributed by atoms with E-state index in [2.05, 4.69) is 10.1 Å². The minimum absolute atomic E-state index is 0.239.